The molecule has 0 aliphatic heterocycles. The number of hydrogen-bond donors (Lipinski definition) is 3. The number of fused-ring (bicyclic) bond motifs is 1. The first-order valence-corrected chi connectivity index (χ1v) is 7.30. The smallest absolute Gasteiger partial charge is 0.224 e. The molecule has 2 aromatic rings. The van der Waals surface area contributed by atoms with Crippen molar-refractivity contribution in [3.8, 4) is 0 Å². The first-order chi connectivity index (χ1) is 9.79. The van der Waals surface area contributed by atoms with Gasteiger partial charge in [0.1, 0.15) is 5.82 Å². The predicted octanol–water partition coefficient (Wildman–Crippen LogP) is 2.78. The van der Waals surface area contributed by atoms with Gasteiger partial charge in [-0.25, -0.2) is 4.98 Å². The van der Waals surface area contributed by atoms with E-state index in [1.807, 2.05) is 25.1 Å². The van der Waals surface area contributed by atoms with Crippen LogP contribution in [0.4, 0.5) is 5.69 Å². The second-order valence-electron chi connectivity index (χ2n) is 6.66. The number of nitrogens with zero attached hydrogens (tertiary/aromatic N) is 1. The van der Waals surface area contributed by atoms with Crippen molar-refractivity contribution < 1.29 is 4.79 Å². The molecule has 1 heterocycles. The van der Waals surface area contributed by atoms with E-state index in [4.69, 9.17) is 5.73 Å². The van der Waals surface area contributed by atoms with Gasteiger partial charge in [-0.2, -0.15) is 0 Å². The highest BCUT2D eigenvalue weighted by Crippen LogP contribution is 2.24. The zero-order valence-corrected chi connectivity index (χ0v) is 13.2. The minimum atomic E-state index is -0.0288. The van der Waals surface area contributed by atoms with Gasteiger partial charge < -0.3 is 16.0 Å². The molecule has 0 fully saturated rings. The van der Waals surface area contributed by atoms with Crippen LogP contribution in [0.1, 0.15) is 39.9 Å². The molecule has 21 heavy (non-hydrogen) atoms. The average molecular weight is 288 g/mol. The number of benzene rings is 1. The van der Waals surface area contributed by atoms with Crippen LogP contribution < -0.4 is 11.1 Å². The van der Waals surface area contributed by atoms with E-state index in [0.29, 0.717) is 13.0 Å². The number of imidazole rings is 1. The Balaban J connectivity index is 2.17. The number of H-pyrrole nitrogens is 1. The minimum absolute atomic E-state index is 0.0112. The number of amides is 1. The third-order valence-corrected chi connectivity index (χ3v) is 3.41. The van der Waals surface area contributed by atoms with E-state index in [-0.39, 0.29) is 17.2 Å². The zero-order chi connectivity index (χ0) is 15.6. The Labute approximate surface area is 125 Å². The summed E-state index contributed by atoms with van der Waals surface area (Å²) in [4.78, 5) is 19.8. The van der Waals surface area contributed by atoms with Crippen LogP contribution in [0.15, 0.2) is 18.2 Å². The Kier molecular flexibility index (Phi) is 4.32. The normalized spacial score (nSPS) is 13.4. The second-order valence-corrected chi connectivity index (χ2v) is 6.66. The molecule has 114 valence electrons. The van der Waals surface area contributed by atoms with Crippen LogP contribution in [-0.2, 0) is 10.2 Å². The summed E-state index contributed by atoms with van der Waals surface area (Å²) in [5.41, 5.74) is 8.13. The van der Waals surface area contributed by atoms with Crippen molar-refractivity contribution in [1.82, 2.24) is 9.97 Å². The van der Waals surface area contributed by atoms with Crippen molar-refractivity contribution in [1.29, 1.82) is 0 Å². The molecule has 1 atom stereocenters. The number of nitrogens with two attached hydrogens (primary N) is 1. The fourth-order valence-corrected chi connectivity index (χ4v) is 2.05. The number of hydrogen-bond acceptors (Lipinski definition) is 3. The summed E-state index contributed by atoms with van der Waals surface area (Å²) in [5.74, 6) is 1.12. The number of anilines is 1. The minimum Gasteiger partial charge on any atom is -0.341 e. The van der Waals surface area contributed by atoms with Gasteiger partial charge in [0.05, 0.1) is 11.0 Å². The quantitative estimate of drug-likeness (QED) is 0.809. The summed E-state index contributed by atoms with van der Waals surface area (Å²) in [6.07, 6.45) is 0.435. The largest absolute Gasteiger partial charge is 0.341 e. The molecule has 2 rings (SSSR count). The van der Waals surface area contributed by atoms with Gasteiger partial charge in [-0.15, -0.1) is 0 Å². The van der Waals surface area contributed by atoms with Crippen molar-refractivity contribution in [2.75, 3.05) is 11.9 Å². The summed E-state index contributed by atoms with van der Waals surface area (Å²) in [6.45, 7) is 8.82. The maximum atomic E-state index is 11.9. The Morgan fingerprint density at radius 1 is 1.43 bits per heavy atom. The molecule has 0 saturated carbocycles. The lowest BCUT2D eigenvalue weighted by Crippen LogP contribution is -2.20. The molecule has 0 bridgehead atoms. The molecule has 5 nitrogen and oxygen atoms in total. The standard InChI is InChI=1S/C16H24N4O/c1-10(9-17)7-14(21)18-11-5-6-12-13(8-11)20-15(19-12)16(2,3)4/h5-6,8,10H,7,9,17H2,1-4H3,(H,18,21)(H,19,20). The lowest BCUT2D eigenvalue weighted by molar-refractivity contribution is -0.116. The van der Waals surface area contributed by atoms with Gasteiger partial charge in [0, 0.05) is 17.5 Å². The lowest BCUT2D eigenvalue weighted by atomic mass is 9.96. The summed E-state index contributed by atoms with van der Waals surface area (Å²) in [6, 6.07) is 5.71. The number of carbonyl (C=O) groups excluding carboxylic acids is 1. The van der Waals surface area contributed by atoms with Crippen LogP contribution >= 0.6 is 0 Å². The molecule has 1 unspecified atom stereocenters. The third kappa shape index (κ3) is 3.82. The molecule has 0 aliphatic rings. The van der Waals surface area contributed by atoms with E-state index in [9.17, 15) is 4.79 Å². The summed E-state index contributed by atoms with van der Waals surface area (Å²) in [5, 5.41) is 2.91. The first kappa shape index (κ1) is 15.5. The topological polar surface area (TPSA) is 83.8 Å². The fraction of sp³-hybridized carbons (Fsp3) is 0.500. The maximum absolute atomic E-state index is 11.9. The highest BCUT2D eigenvalue weighted by atomic mass is 16.1. The predicted molar refractivity (Wildman–Crippen MR) is 86.3 cm³/mol. The summed E-state index contributed by atoms with van der Waals surface area (Å²) in [7, 11) is 0. The van der Waals surface area contributed by atoms with E-state index in [1.54, 1.807) is 0 Å². The van der Waals surface area contributed by atoms with Crippen LogP contribution in [-0.4, -0.2) is 22.4 Å². The van der Waals surface area contributed by atoms with Crippen LogP contribution in [0.25, 0.3) is 11.0 Å². The molecule has 0 saturated heterocycles. The first-order valence-electron chi connectivity index (χ1n) is 7.30. The summed E-state index contributed by atoms with van der Waals surface area (Å²) < 4.78 is 0. The van der Waals surface area contributed by atoms with Gasteiger partial charge in [-0.1, -0.05) is 27.7 Å². The monoisotopic (exact) mass is 288 g/mol. The molecule has 1 aromatic carbocycles. The van der Waals surface area contributed by atoms with Crippen LogP contribution in [0, 0.1) is 5.92 Å². The molecule has 5 heteroatoms. The van der Waals surface area contributed by atoms with Gasteiger partial charge in [0.25, 0.3) is 0 Å². The van der Waals surface area contributed by atoms with Crippen LogP contribution in [0.3, 0.4) is 0 Å². The van der Waals surface area contributed by atoms with E-state index in [2.05, 4.69) is 36.1 Å². The van der Waals surface area contributed by atoms with Crippen molar-refractivity contribution >= 4 is 22.6 Å². The van der Waals surface area contributed by atoms with Gasteiger partial charge >= 0.3 is 0 Å². The maximum Gasteiger partial charge on any atom is 0.224 e. The number of aromatic nitrogens is 2. The number of aromatic amines is 1. The number of rotatable bonds is 4. The van der Waals surface area contributed by atoms with Crippen molar-refractivity contribution in [2.45, 2.75) is 39.5 Å². The molecule has 0 aliphatic carbocycles. The molecular formula is C16H24N4O. The SMILES string of the molecule is CC(CN)CC(=O)Nc1ccc2nc(C(C)(C)C)[nH]c2c1. The van der Waals surface area contributed by atoms with Crippen molar-refractivity contribution in [3.63, 3.8) is 0 Å². The van der Waals surface area contributed by atoms with Crippen LogP contribution in [0.5, 0.6) is 0 Å². The van der Waals surface area contributed by atoms with Gasteiger partial charge in [-0.05, 0) is 30.7 Å². The highest BCUT2D eigenvalue weighted by Gasteiger charge is 2.18. The fourth-order valence-electron chi connectivity index (χ4n) is 2.05. The zero-order valence-electron chi connectivity index (χ0n) is 13.2. The van der Waals surface area contributed by atoms with E-state index >= 15 is 0 Å². The van der Waals surface area contributed by atoms with Crippen molar-refractivity contribution in [2.24, 2.45) is 11.7 Å². The molecule has 0 spiro atoms. The highest BCUT2D eigenvalue weighted by molar-refractivity contribution is 5.93. The Morgan fingerprint density at radius 2 is 2.14 bits per heavy atom. The molecular weight excluding hydrogens is 264 g/mol. The summed E-state index contributed by atoms with van der Waals surface area (Å²) >= 11 is 0. The molecule has 1 aromatic heterocycles. The Morgan fingerprint density at radius 3 is 2.76 bits per heavy atom. The molecule has 0 radical (unpaired) electrons. The average Bonchev–Trinajstić information content (AvgIpc) is 2.81. The molecule has 1 amide bonds. The number of nitrogens with one attached hydrogen (secondary N) is 2. The lowest BCUT2D eigenvalue weighted by Gasteiger charge is -2.13. The van der Waals surface area contributed by atoms with Gasteiger partial charge in [-0.3, -0.25) is 4.79 Å². The van der Waals surface area contributed by atoms with Crippen molar-refractivity contribution in [3.05, 3.63) is 24.0 Å². The van der Waals surface area contributed by atoms with Crippen LogP contribution in [0.2, 0.25) is 0 Å². The van der Waals surface area contributed by atoms with Gasteiger partial charge in [0.15, 0.2) is 0 Å². The molecule has 4 N–H and O–H groups in total. The Bertz CT molecular complexity index is 639. The Hall–Kier alpha value is -1.88. The number of carbonyl (C=O) groups is 1. The van der Waals surface area contributed by atoms with E-state index in [1.165, 1.54) is 0 Å². The van der Waals surface area contributed by atoms with E-state index in [0.717, 1.165) is 22.5 Å². The van der Waals surface area contributed by atoms with E-state index < -0.39 is 0 Å². The second kappa shape index (κ2) is 5.85. The van der Waals surface area contributed by atoms with Gasteiger partial charge in [0.2, 0.25) is 5.91 Å². The third-order valence-electron chi connectivity index (χ3n) is 3.41.